The van der Waals surface area contributed by atoms with Crippen molar-refractivity contribution in [3.63, 3.8) is 0 Å². The van der Waals surface area contributed by atoms with Crippen LogP contribution in [0.4, 0.5) is 10.5 Å². The molecule has 0 saturated carbocycles. The molecule has 2 aromatic rings. The summed E-state index contributed by atoms with van der Waals surface area (Å²) in [5.41, 5.74) is 1.65. The molecule has 0 radical (unpaired) electrons. The van der Waals surface area contributed by atoms with Gasteiger partial charge in [0.2, 0.25) is 0 Å². The first-order valence-corrected chi connectivity index (χ1v) is 7.52. The third-order valence-corrected chi connectivity index (χ3v) is 3.24. The summed E-state index contributed by atoms with van der Waals surface area (Å²) in [4.78, 5) is 16.0. The number of aliphatic hydroxyl groups is 1. The molecule has 0 fully saturated rings. The maximum atomic E-state index is 11.6. The largest absolute Gasteiger partial charge is 0.395 e. The van der Waals surface area contributed by atoms with Crippen molar-refractivity contribution in [3.05, 3.63) is 36.7 Å². The van der Waals surface area contributed by atoms with Gasteiger partial charge >= 0.3 is 6.03 Å². The molecule has 2 rings (SSSR count). The van der Waals surface area contributed by atoms with Crippen LogP contribution in [0.15, 0.2) is 36.7 Å². The summed E-state index contributed by atoms with van der Waals surface area (Å²) in [6, 6.07) is 7.24. The number of aromatic nitrogens is 2. The highest BCUT2D eigenvalue weighted by molar-refractivity contribution is 5.89. The second-order valence-electron chi connectivity index (χ2n) is 4.98. The van der Waals surface area contributed by atoms with Crippen LogP contribution < -0.4 is 10.6 Å². The average Bonchev–Trinajstić information content (AvgIpc) is 2.99. The van der Waals surface area contributed by atoms with E-state index in [0.29, 0.717) is 5.69 Å². The zero-order chi connectivity index (χ0) is 15.8. The van der Waals surface area contributed by atoms with Crippen molar-refractivity contribution in [1.29, 1.82) is 0 Å². The van der Waals surface area contributed by atoms with Crippen LogP contribution >= 0.6 is 0 Å². The average molecular weight is 302 g/mol. The molecule has 22 heavy (non-hydrogen) atoms. The Morgan fingerprint density at radius 3 is 3.05 bits per heavy atom. The lowest BCUT2D eigenvalue weighted by molar-refractivity contribution is 0.245. The van der Waals surface area contributed by atoms with Gasteiger partial charge in [-0.2, -0.15) is 0 Å². The predicted octanol–water partition coefficient (Wildman–Crippen LogP) is 2.46. The van der Waals surface area contributed by atoms with Crippen LogP contribution in [0.1, 0.15) is 19.8 Å². The monoisotopic (exact) mass is 302 g/mol. The lowest BCUT2D eigenvalue weighted by atomic mass is 10.2. The van der Waals surface area contributed by atoms with Crippen LogP contribution in [-0.2, 0) is 6.54 Å². The fourth-order valence-electron chi connectivity index (χ4n) is 2.16. The van der Waals surface area contributed by atoms with Gasteiger partial charge in [-0.25, -0.2) is 9.78 Å². The second kappa shape index (κ2) is 8.19. The summed E-state index contributed by atoms with van der Waals surface area (Å²) in [7, 11) is 0. The number of nitrogens with one attached hydrogen (secondary N) is 2. The summed E-state index contributed by atoms with van der Waals surface area (Å²) in [6.45, 7) is 3.24. The lowest BCUT2D eigenvalue weighted by Crippen LogP contribution is -2.30. The van der Waals surface area contributed by atoms with Gasteiger partial charge in [-0.3, -0.25) is 0 Å². The molecule has 1 heterocycles. The van der Waals surface area contributed by atoms with Gasteiger partial charge in [-0.15, -0.1) is 0 Å². The molecule has 1 aromatic carbocycles. The number of urea groups is 1. The molecule has 118 valence electrons. The molecule has 0 unspecified atom stereocenters. The highest BCUT2D eigenvalue weighted by Crippen LogP contribution is 2.21. The number of aliphatic hydroxyl groups excluding tert-OH is 1. The van der Waals surface area contributed by atoms with Gasteiger partial charge in [0.05, 0.1) is 6.61 Å². The second-order valence-corrected chi connectivity index (χ2v) is 4.98. The van der Waals surface area contributed by atoms with Gasteiger partial charge < -0.3 is 20.3 Å². The molecule has 2 amide bonds. The minimum Gasteiger partial charge on any atom is -0.395 e. The Hall–Kier alpha value is -2.34. The van der Waals surface area contributed by atoms with Crippen molar-refractivity contribution >= 4 is 11.7 Å². The number of unbranched alkanes of at least 4 members (excludes halogenated alkanes) is 1. The molecule has 6 nitrogen and oxygen atoms in total. The van der Waals surface area contributed by atoms with Crippen LogP contribution in [0.3, 0.4) is 0 Å². The summed E-state index contributed by atoms with van der Waals surface area (Å²) in [5, 5.41) is 14.0. The van der Waals surface area contributed by atoms with E-state index in [2.05, 4.69) is 27.1 Å². The number of hydrogen-bond donors (Lipinski definition) is 3. The van der Waals surface area contributed by atoms with Gasteiger partial charge in [-0.05, 0) is 18.6 Å². The number of nitrogens with zero attached hydrogens (tertiary/aromatic N) is 2. The maximum Gasteiger partial charge on any atom is 0.319 e. The topological polar surface area (TPSA) is 79.2 Å². The summed E-state index contributed by atoms with van der Waals surface area (Å²) in [6.07, 6.45) is 5.99. The summed E-state index contributed by atoms with van der Waals surface area (Å²) in [5.74, 6) is 0.896. The van der Waals surface area contributed by atoms with Crippen molar-refractivity contribution in [2.45, 2.75) is 26.3 Å². The zero-order valence-corrected chi connectivity index (χ0v) is 12.7. The summed E-state index contributed by atoms with van der Waals surface area (Å²) < 4.78 is 2.12. The van der Waals surface area contributed by atoms with E-state index in [9.17, 15) is 4.79 Å². The number of amides is 2. The number of anilines is 1. The number of hydrogen-bond acceptors (Lipinski definition) is 3. The Kier molecular flexibility index (Phi) is 5.97. The molecule has 0 aliphatic heterocycles. The quantitative estimate of drug-likeness (QED) is 0.735. The van der Waals surface area contributed by atoms with Gasteiger partial charge in [0.25, 0.3) is 0 Å². The van der Waals surface area contributed by atoms with Crippen LogP contribution in [0.25, 0.3) is 11.4 Å². The molecule has 0 aliphatic carbocycles. The summed E-state index contributed by atoms with van der Waals surface area (Å²) >= 11 is 0. The van der Waals surface area contributed by atoms with Gasteiger partial charge in [-0.1, -0.05) is 25.5 Å². The van der Waals surface area contributed by atoms with Crippen molar-refractivity contribution in [2.75, 3.05) is 18.5 Å². The Labute approximate surface area is 130 Å². The molecular formula is C16H22N4O2. The van der Waals surface area contributed by atoms with Gasteiger partial charge in [0, 0.05) is 36.7 Å². The Balaban J connectivity index is 2.11. The number of imidazole rings is 1. The number of carbonyl (C=O) groups excluding carboxylic acids is 1. The Morgan fingerprint density at radius 2 is 2.27 bits per heavy atom. The molecule has 0 bridgehead atoms. The van der Waals surface area contributed by atoms with Gasteiger partial charge in [0.15, 0.2) is 0 Å². The van der Waals surface area contributed by atoms with E-state index in [1.807, 2.05) is 30.5 Å². The fourth-order valence-corrected chi connectivity index (χ4v) is 2.16. The fraction of sp³-hybridized carbons (Fsp3) is 0.375. The molecule has 0 atom stereocenters. The van der Waals surface area contributed by atoms with Crippen LogP contribution in [-0.4, -0.2) is 33.8 Å². The molecular weight excluding hydrogens is 280 g/mol. The molecule has 1 aromatic heterocycles. The first kappa shape index (κ1) is 16.0. The van der Waals surface area contributed by atoms with Crippen LogP contribution in [0.2, 0.25) is 0 Å². The Bertz CT molecular complexity index is 610. The minimum absolute atomic E-state index is 0.0810. The predicted molar refractivity (Wildman–Crippen MR) is 86.7 cm³/mol. The van der Waals surface area contributed by atoms with E-state index >= 15 is 0 Å². The lowest BCUT2D eigenvalue weighted by Gasteiger charge is -2.10. The van der Waals surface area contributed by atoms with E-state index in [-0.39, 0.29) is 19.2 Å². The zero-order valence-electron chi connectivity index (χ0n) is 12.7. The van der Waals surface area contributed by atoms with Crippen molar-refractivity contribution in [1.82, 2.24) is 14.9 Å². The number of benzene rings is 1. The minimum atomic E-state index is -0.333. The highest BCUT2D eigenvalue weighted by Gasteiger charge is 2.07. The highest BCUT2D eigenvalue weighted by atomic mass is 16.3. The third-order valence-electron chi connectivity index (χ3n) is 3.24. The first-order chi connectivity index (χ1) is 10.7. The molecule has 0 saturated heterocycles. The first-order valence-electron chi connectivity index (χ1n) is 7.52. The van der Waals surface area contributed by atoms with E-state index in [1.165, 1.54) is 0 Å². The standard InChI is InChI=1S/C16H22N4O2/c1-2-3-9-20-10-7-17-15(20)13-5-4-6-14(12-13)19-16(22)18-8-11-21/h4-7,10,12,21H,2-3,8-9,11H2,1H3,(H2,18,19,22). The Morgan fingerprint density at radius 1 is 1.41 bits per heavy atom. The normalized spacial score (nSPS) is 10.5. The van der Waals surface area contributed by atoms with Crippen LogP contribution in [0, 0.1) is 0 Å². The number of rotatable bonds is 7. The maximum absolute atomic E-state index is 11.6. The van der Waals surface area contributed by atoms with Gasteiger partial charge in [0.1, 0.15) is 5.82 Å². The molecule has 0 spiro atoms. The number of carbonyl (C=O) groups is 1. The van der Waals surface area contributed by atoms with Crippen molar-refractivity contribution in [2.24, 2.45) is 0 Å². The van der Waals surface area contributed by atoms with Crippen molar-refractivity contribution in [3.8, 4) is 11.4 Å². The molecule has 6 heteroatoms. The van der Waals surface area contributed by atoms with Crippen LogP contribution in [0.5, 0.6) is 0 Å². The van der Waals surface area contributed by atoms with E-state index in [0.717, 1.165) is 30.8 Å². The molecule has 3 N–H and O–H groups in total. The van der Waals surface area contributed by atoms with E-state index in [4.69, 9.17) is 5.11 Å². The smallest absolute Gasteiger partial charge is 0.319 e. The van der Waals surface area contributed by atoms with E-state index in [1.54, 1.807) is 6.20 Å². The third kappa shape index (κ3) is 4.33. The van der Waals surface area contributed by atoms with E-state index < -0.39 is 0 Å². The van der Waals surface area contributed by atoms with Crippen molar-refractivity contribution < 1.29 is 9.90 Å². The molecule has 0 aliphatic rings. The SMILES string of the molecule is CCCCn1ccnc1-c1cccc(NC(=O)NCCO)c1. The number of aryl methyl sites for hydroxylation is 1.